The number of nitrogens with one attached hydrogen (secondary N) is 1. The van der Waals surface area contributed by atoms with E-state index in [4.69, 9.17) is 4.74 Å². The van der Waals surface area contributed by atoms with E-state index in [1.165, 1.54) is 5.56 Å². The molecule has 0 aliphatic heterocycles. The third kappa shape index (κ3) is 4.94. The molecule has 0 aliphatic rings. The first-order valence-corrected chi connectivity index (χ1v) is 7.09. The fourth-order valence-corrected chi connectivity index (χ4v) is 2.20. The lowest BCUT2D eigenvalue weighted by Gasteiger charge is -2.28. The molecule has 0 aromatic heterocycles. The Kier molecular flexibility index (Phi) is 7.06. The van der Waals surface area contributed by atoms with Crippen LogP contribution in [0.1, 0.15) is 38.0 Å². The molecule has 19 heavy (non-hydrogen) atoms. The zero-order chi connectivity index (χ0) is 14.3. The quantitative estimate of drug-likeness (QED) is 0.710. The number of methoxy groups -OCH3 is 1. The summed E-state index contributed by atoms with van der Waals surface area (Å²) in [4.78, 5) is 0. The standard InChI is InChI=1S/C16H27NO2/c1-5-13-6-8-14(9-7-13)16(18)15(12(2)3)17-10-11-19-4/h6-9,12,15-18H,5,10-11H2,1-4H3. The Labute approximate surface area is 117 Å². The summed E-state index contributed by atoms with van der Waals surface area (Å²) in [5, 5.41) is 13.9. The van der Waals surface area contributed by atoms with Gasteiger partial charge in [0.25, 0.3) is 0 Å². The molecule has 0 spiro atoms. The molecule has 1 aromatic carbocycles. The molecule has 0 saturated carbocycles. The van der Waals surface area contributed by atoms with Gasteiger partial charge >= 0.3 is 0 Å². The number of benzene rings is 1. The van der Waals surface area contributed by atoms with E-state index in [9.17, 15) is 5.11 Å². The minimum Gasteiger partial charge on any atom is -0.387 e. The molecule has 2 unspecified atom stereocenters. The zero-order valence-corrected chi connectivity index (χ0v) is 12.5. The first-order valence-electron chi connectivity index (χ1n) is 7.09. The lowest BCUT2D eigenvalue weighted by Crippen LogP contribution is -2.40. The summed E-state index contributed by atoms with van der Waals surface area (Å²) in [6.45, 7) is 7.78. The SMILES string of the molecule is CCc1ccc(C(O)C(NCCOC)C(C)C)cc1. The van der Waals surface area contributed by atoms with Gasteiger partial charge in [-0.05, 0) is 23.5 Å². The van der Waals surface area contributed by atoms with Crippen LogP contribution < -0.4 is 5.32 Å². The molecule has 108 valence electrons. The maximum absolute atomic E-state index is 10.5. The predicted molar refractivity (Wildman–Crippen MR) is 79.3 cm³/mol. The van der Waals surface area contributed by atoms with E-state index >= 15 is 0 Å². The van der Waals surface area contributed by atoms with Crippen molar-refractivity contribution < 1.29 is 9.84 Å². The van der Waals surface area contributed by atoms with E-state index in [0.717, 1.165) is 18.5 Å². The Morgan fingerprint density at radius 2 is 1.84 bits per heavy atom. The fraction of sp³-hybridized carbons (Fsp3) is 0.625. The number of hydrogen-bond donors (Lipinski definition) is 2. The summed E-state index contributed by atoms with van der Waals surface area (Å²) in [7, 11) is 1.69. The number of aliphatic hydroxyl groups excluding tert-OH is 1. The highest BCUT2D eigenvalue weighted by Crippen LogP contribution is 2.22. The largest absolute Gasteiger partial charge is 0.387 e. The number of ether oxygens (including phenoxy) is 1. The van der Waals surface area contributed by atoms with E-state index in [-0.39, 0.29) is 6.04 Å². The van der Waals surface area contributed by atoms with Crippen molar-refractivity contribution in [3.8, 4) is 0 Å². The van der Waals surface area contributed by atoms with E-state index < -0.39 is 6.10 Å². The van der Waals surface area contributed by atoms with Gasteiger partial charge in [-0.25, -0.2) is 0 Å². The van der Waals surface area contributed by atoms with Crippen LogP contribution in [0.5, 0.6) is 0 Å². The molecule has 1 rings (SSSR count). The summed E-state index contributed by atoms with van der Waals surface area (Å²) in [6.07, 6.45) is 0.540. The molecule has 0 saturated heterocycles. The highest BCUT2D eigenvalue weighted by Gasteiger charge is 2.23. The smallest absolute Gasteiger partial charge is 0.0945 e. The van der Waals surface area contributed by atoms with Crippen molar-refractivity contribution in [1.82, 2.24) is 5.32 Å². The molecule has 0 fully saturated rings. The average Bonchev–Trinajstić information content (AvgIpc) is 2.42. The topological polar surface area (TPSA) is 41.5 Å². The Bertz CT molecular complexity index is 348. The number of hydrogen-bond acceptors (Lipinski definition) is 3. The van der Waals surface area contributed by atoms with E-state index in [2.05, 4.69) is 38.2 Å². The monoisotopic (exact) mass is 265 g/mol. The van der Waals surface area contributed by atoms with Crippen LogP contribution in [0.3, 0.4) is 0 Å². The summed E-state index contributed by atoms with van der Waals surface area (Å²) in [5.74, 6) is 0.359. The third-order valence-electron chi connectivity index (χ3n) is 3.47. The lowest BCUT2D eigenvalue weighted by atomic mass is 9.92. The summed E-state index contributed by atoms with van der Waals surface area (Å²) < 4.78 is 5.04. The van der Waals surface area contributed by atoms with Gasteiger partial charge < -0.3 is 15.2 Å². The molecular weight excluding hydrogens is 238 g/mol. The molecular formula is C16H27NO2. The molecule has 0 radical (unpaired) electrons. The fourth-order valence-electron chi connectivity index (χ4n) is 2.20. The maximum Gasteiger partial charge on any atom is 0.0945 e. The van der Waals surface area contributed by atoms with Gasteiger partial charge in [-0.15, -0.1) is 0 Å². The predicted octanol–water partition coefficient (Wildman–Crippen LogP) is 2.54. The normalized spacial score (nSPS) is 14.6. The molecule has 0 bridgehead atoms. The number of aliphatic hydroxyl groups is 1. The Balaban J connectivity index is 2.71. The lowest BCUT2D eigenvalue weighted by molar-refractivity contribution is 0.0978. The summed E-state index contributed by atoms with van der Waals surface area (Å²) >= 11 is 0. The van der Waals surface area contributed by atoms with Crippen molar-refractivity contribution in [2.45, 2.75) is 39.3 Å². The van der Waals surface area contributed by atoms with Crippen LogP contribution in [0.15, 0.2) is 24.3 Å². The van der Waals surface area contributed by atoms with Crippen molar-refractivity contribution in [2.75, 3.05) is 20.3 Å². The first kappa shape index (κ1) is 16.2. The Morgan fingerprint density at radius 1 is 1.21 bits per heavy atom. The van der Waals surface area contributed by atoms with Crippen molar-refractivity contribution in [3.05, 3.63) is 35.4 Å². The summed E-state index contributed by atoms with van der Waals surface area (Å²) in [5.41, 5.74) is 2.27. The molecule has 0 aliphatic carbocycles. The second-order valence-corrected chi connectivity index (χ2v) is 5.26. The van der Waals surface area contributed by atoms with Gasteiger partial charge in [-0.1, -0.05) is 45.0 Å². The number of rotatable bonds is 8. The van der Waals surface area contributed by atoms with Crippen LogP contribution in [0, 0.1) is 5.92 Å². The molecule has 2 N–H and O–H groups in total. The highest BCUT2D eigenvalue weighted by molar-refractivity contribution is 5.25. The molecule has 3 nitrogen and oxygen atoms in total. The van der Waals surface area contributed by atoms with Gasteiger partial charge in [0.05, 0.1) is 12.7 Å². The molecule has 2 atom stereocenters. The molecule has 0 amide bonds. The van der Waals surface area contributed by atoms with Crippen molar-refractivity contribution in [3.63, 3.8) is 0 Å². The van der Waals surface area contributed by atoms with Crippen LogP contribution in [-0.4, -0.2) is 31.4 Å². The highest BCUT2D eigenvalue weighted by atomic mass is 16.5. The van der Waals surface area contributed by atoms with Crippen LogP contribution >= 0.6 is 0 Å². The van der Waals surface area contributed by atoms with Crippen molar-refractivity contribution in [2.24, 2.45) is 5.92 Å². The van der Waals surface area contributed by atoms with Gasteiger partial charge in [0, 0.05) is 19.7 Å². The van der Waals surface area contributed by atoms with E-state index in [1.807, 2.05) is 12.1 Å². The molecule has 1 aromatic rings. The Morgan fingerprint density at radius 3 is 2.32 bits per heavy atom. The minimum atomic E-state index is -0.484. The van der Waals surface area contributed by atoms with Gasteiger partial charge in [-0.3, -0.25) is 0 Å². The van der Waals surface area contributed by atoms with Crippen molar-refractivity contribution in [1.29, 1.82) is 0 Å². The summed E-state index contributed by atoms with van der Waals surface area (Å²) in [6, 6.07) is 8.27. The van der Waals surface area contributed by atoms with Crippen LogP contribution in [0.2, 0.25) is 0 Å². The molecule has 0 heterocycles. The van der Waals surface area contributed by atoms with Crippen LogP contribution in [0.4, 0.5) is 0 Å². The van der Waals surface area contributed by atoms with Crippen LogP contribution in [0.25, 0.3) is 0 Å². The molecule has 3 heteroatoms. The van der Waals surface area contributed by atoms with Crippen LogP contribution in [-0.2, 0) is 11.2 Å². The number of aryl methyl sites for hydroxylation is 1. The minimum absolute atomic E-state index is 0.0441. The van der Waals surface area contributed by atoms with E-state index in [0.29, 0.717) is 12.5 Å². The third-order valence-corrected chi connectivity index (χ3v) is 3.47. The van der Waals surface area contributed by atoms with Gasteiger partial charge in [0.1, 0.15) is 0 Å². The second-order valence-electron chi connectivity index (χ2n) is 5.26. The average molecular weight is 265 g/mol. The van der Waals surface area contributed by atoms with Gasteiger partial charge in [-0.2, -0.15) is 0 Å². The zero-order valence-electron chi connectivity index (χ0n) is 12.5. The maximum atomic E-state index is 10.5. The van der Waals surface area contributed by atoms with Gasteiger partial charge in [0.2, 0.25) is 0 Å². The van der Waals surface area contributed by atoms with Gasteiger partial charge in [0.15, 0.2) is 0 Å². The first-order chi connectivity index (χ1) is 9.10. The van der Waals surface area contributed by atoms with Crippen molar-refractivity contribution >= 4 is 0 Å². The van der Waals surface area contributed by atoms with E-state index in [1.54, 1.807) is 7.11 Å². The second kappa shape index (κ2) is 8.31. The Hall–Kier alpha value is -0.900.